The highest BCUT2D eigenvalue weighted by Gasteiger charge is 2.52. The molecule has 3 aliphatic heterocycles. The van der Waals surface area contributed by atoms with Crippen molar-refractivity contribution in [3.63, 3.8) is 0 Å². The first-order valence-electron chi connectivity index (χ1n) is 18.5. The smallest absolute Gasteiger partial charge is 0.0702 e. The number of rotatable bonds is 4. The molecule has 2 nitrogen and oxygen atoms in total. The first-order valence-corrected chi connectivity index (χ1v) is 18.5. The molecular formula is C50H42N2. The number of nitrogens with zero attached hydrogens (tertiary/aromatic N) is 2. The minimum Gasteiger partial charge on any atom is -0.309 e. The van der Waals surface area contributed by atoms with Gasteiger partial charge >= 0.3 is 0 Å². The van der Waals surface area contributed by atoms with Crippen molar-refractivity contribution in [2.24, 2.45) is 0 Å². The Morgan fingerprint density at radius 1 is 0.346 bits per heavy atom. The minimum absolute atomic E-state index is 0.229. The summed E-state index contributed by atoms with van der Waals surface area (Å²) in [5.41, 5.74) is 21.3. The van der Waals surface area contributed by atoms with Crippen LogP contribution in [-0.4, -0.2) is 4.98 Å². The molecule has 0 bridgehead atoms. The maximum absolute atomic E-state index is 4.69. The summed E-state index contributed by atoms with van der Waals surface area (Å²) in [5.74, 6) is 0. The SMILES string of the molecule is CC1(C)c2cc(-c3ccccc3)cc3c2N2c4c1cc(-c1ccccc1)cc4C(C)(C)c1cc(-c4cccc(-c5ccccn5)c4)cc(c12)C3(C)C. The van der Waals surface area contributed by atoms with Crippen LogP contribution < -0.4 is 4.90 Å². The first kappa shape index (κ1) is 31.0. The summed E-state index contributed by atoms with van der Waals surface area (Å²) in [7, 11) is 0. The van der Waals surface area contributed by atoms with Crippen molar-refractivity contribution in [2.45, 2.75) is 57.8 Å². The second-order valence-electron chi connectivity index (χ2n) is 16.5. The Morgan fingerprint density at radius 3 is 1.12 bits per heavy atom. The Morgan fingerprint density at radius 2 is 0.712 bits per heavy atom. The van der Waals surface area contributed by atoms with E-state index in [1.807, 2.05) is 12.3 Å². The lowest BCUT2D eigenvalue weighted by Gasteiger charge is -2.55. The average Bonchev–Trinajstić information content (AvgIpc) is 3.17. The van der Waals surface area contributed by atoms with E-state index in [0.29, 0.717) is 0 Å². The lowest BCUT2D eigenvalue weighted by Crippen LogP contribution is -2.43. The second kappa shape index (κ2) is 10.7. The molecule has 252 valence electrons. The Hall–Kier alpha value is -5.73. The maximum atomic E-state index is 4.69. The molecule has 3 aliphatic rings. The van der Waals surface area contributed by atoms with Crippen LogP contribution in [0.4, 0.5) is 17.1 Å². The van der Waals surface area contributed by atoms with E-state index in [-0.39, 0.29) is 16.2 Å². The van der Waals surface area contributed by atoms with Crippen molar-refractivity contribution in [1.29, 1.82) is 0 Å². The highest BCUT2D eigenvalue weighted by atomic mass is 15.2. The van der Waals surface area contributed by atoms with E-state index in [0.717, 1.165) is 11.3 Å². The van der Waals surface area contributed by atoms with Gasteiger partial charge in [0.15, 0.2) is 0 Å². The summed E-state index contributed by atoms with van der Waals surface area (Å²) < 4.78 is 0. The van der Waals surface area contributed by atoms with Gasteiger partial charge in [0.25, 0.3) is 0 Å². The molecule has 4 heterocycles. The molecule has 0 saturated carbocycles. The minimum atomic E-state index is -0.255. The van der Waals surface area contributed by atoms with Gasteiger partial charge in [-0.05, 0) is 121 Å². The van der Waals surface area contributed by atoms with Crippen molar-refractivity contribution in [2.75, 3.05) is 4.90 Å². The van der Waals surface area contributed by atoms with E-state index in [2.05, 4.69) is 185 Å². The van der Waals surface area contributed by atoms with Crippen LogP contribution >= 0.6 is 0 Å². The summed E-state index contributed by atoms with van der Waals surface area (Å²) in [6, 6.07) is 51.9. The maximum Gasteiger partial charge on any atom is 0.0702 e. The van der Waals surface area contributed by atoms with Gasteiger partial charge in [0.05, 0.1) is 22.8 Å². The van der Waals surface area contributed by atoms with Gasteiger partial charge < -0.3 is 4.90 Å². The molecule has 0 spiro atoms. The summed E-state index contributed by atoms with van der Waals surface area (Å²) in [6.07, 6.45) is 1.88. The Balaban J connectivity index is 1.31. The molecule has 52 heavy (non-hydrogen) atoms. The molecule has 0 amide bonds. The topological polar surface area (TPSA) is 16.1 Å². The molecule has 10 rings (SSSR count). The fourth-order valence-electron chi connectivity index (χ4n) is 9.41. The van der Waals surface area contributed by atoms with Crippen LogP contribution in [0, 0.1) is 0 Å². The van der Waals surface area contributed by atoms with E-state index in [1.54, 1.807) is 0 Å². The number of hydrogen-bond donors (Lipinski definition) is 0. The Bertz CT molecular complexity index is 2440. The van der Waals surface area contributed by atoms with Crippen LogP contribution in [-0.2, 0) is 16.2 Å². The lowest BCUT2D eigenvalue weighted by atomic mass is 9.60. The van der Waals surface area contributed by atoms with Gasteiger partial charge in [-0.3, -0.25) is 4.98 Å². The van der Waals surface area contributed by atoms with Crippen LogP contribution in [0.1, 0.15) is 74.9 Å². The van der Waals surface area contributed by atoms with Crippen molar-refractivity contribution in [3.8, 4) is 44.6 Å². The third kappa shape index (κ3) is 4.21. The number of aromatic nitrogens is 1. The van der Waals surface area contributed by atoms with Crippen molar-refractivity contribution in [1.82, 2.24) is 4.98 Å². The lowest BCUT2D eigenvalue weighted by molar-refractivity contribution is 0.567. The molecule has 6 aromatic carbocycles. The van der Waals surface area contributed by atoms with Gasteiger partial charge in [-0.1, -0.05) is 126 Å². The van der Waals surface area contributed by atoms with Crippen molar-refractivity contribution < 1.29 is 0 Å². The zero-order chi connectivity index (χ0) is 35.6. The van der Waals surface area contributed by atoms with Crippen molar-refractivity contribution in [3.05, 3.63) is 179 Å². The van der Waals surface area contributed by atoms with Gasteiger partial charge in [-0.15, -0.1) is 0 Å². The highest BCUT2D eigenvalue weighted by molar-refractivity contribution is 6.01. The number of hydrogen-bond acceptors (Lipinski definition) is 2. The zero-order valence-electron chi connectivity index (χ0n) is 30.8. The van der Waals surface area contributed by atoms with Gasteiger partial charge in [0.1, 0.15) is 0 Å². The van der Waals surface area contributed by atoms with E-state index in [1.165, 1.54) is 83.8 Å². The van der Waals surface area contributed by atoms with E-state index in [4.69, 9.17) is 0 Å². The van der Waals surface area contributed by atoms with Crippen LogP contribution in [0.3, 0.4) is 0 Å². The summed E-state index contributed by atoms with van der Waals surface area (Å²) in [4.78, 5) is 7.37. The van der Waals surface area contributed by atoms with Crippen LogP contribution in [0.25, 0.3) is 44.6 Å². The quantitative estimate of drug-likeness (QED) is 0.185. The molecular weight excluding hydrogens is 629 g/mol. The largest absolute Gasteiger partial charge is 0.309 e. The van der Waals surface area contributed by atoms with E-state index in [9.17, 15) is 0 Å². The normalized spacial score (nSPS) is 16.3. The zero-order valence-corrected chi connectivity index (χ0v) is 30.8. The Labute approximate surface area is 307 Å². The molecule has 0 radical (unpaired) electrons. The summed E-state index contributed by atoms with van der Waals surface area (Å²) in [5, 5.41) is 0. The molecule has 7 aromatic rings. The third-order valence-electron chi connectivity index (χ3n) is 12.4. The van der Waals surface area contributed by atoms with Gasteiger partial charge in [-0.25, -0.2) is 0 Å². The molecule has 0 N–H and O–H groups in total. The third-order valence-corrected chi connectivity index (χ3v) is 12.4. The molecule has 1 aromatic heterocycles. The standard InChI is InChI=1S/C50H42N2/c1-48(2)38-25-35(31-16-9-7-10-17-31)27-40-45(38)52-46-39(48)26-36(32-18-11-8-12-19-32)28-41(46)50(5,6)43-30-37(29-42(47(43)52)49(40,3)4)33-20-15-21-34(24-33)44-22-13-14-23-51-44/h7-30H,1-6H3. The molecule has 0 atom stereocenters. The number of benzene rings is 6. The molecule has 0 fully saturated rings. The number of anilines is 3. The van der Waals surface area contributed by atoms with Crippen LogP contribution in [0.5, 0.6) is 0 Å². The monoisotopic (exact) mass is 670 g/mol. The molecule has 2 heteroatoms. The molecule has 0 unspecified atom stereocenters. The summed E-state index contributed by atoms with van der Waals surface area (Å²) in [6.45, 7) is 14.7. The first-order chi connectivity index (χ1) is 25.0. The van der Waals surface area contributed by atoms with Gasteiger partial charge in [0.2, 0.25) is 0 Å². The average molecular weight is 671 g/mol. The van der Waals surface area contributed by atoms with Crippen molar-refractivity contribution >= 4 is 17.1 Å². The number of pyridine rings is 1. The fourth-order valence-corrected chi connectivity index (χ4v) is 9.41. The van der Waals surface area contributed by atoms with Crippen LogP contribution in [0.15, 0.2) is 146 Å². The van der Waals surface area contributed by atoms with Crippen LogP contribution in [0.2, 0.25) is 0 Å². The highest BCUT2D eigenvalue weighted by Crippen LogP contribution is 2.67. The van der Waals surface area contributed by atoms with E-state index < -0.39 is 0 Å². The van der Waals surface area contributed by atoms with Gasteiger partial charge in [0, 0.05) is 28.0 Å². The predicted molar refractivity (Wildman–Crippen MR) is 217 cm³/mol. The summed E-state index contributed by atoms with van der Waals surface area (Å²) >= 11 is 0. The predicted octanol–water partition coefficient (Wildman–Crippen LogP) is 13.1. The van der Waals surface area contributed by atoms with E-state index >= 15 is 0 Å². The second-order valence-corrected chi connectivity index (χ2v) is 16.5. The van der Waals surface area contributed by atoms with Gasteiger partial charge in [-0.2, -0.15) is 0 Å². The Kier molecular flexibility index (Phi) is 6.36. The fraction of sp³-hybridized carbons (Fsp3) is 0.180. The molecule has 0 aliphatic carbocycles. The molecule has 0 saturated heterocycles.